The van der Waals surface area contributed by atoms with Crippen LogP contribution in [0.1, 0.15) is 11.1 Å². The Balaban J connectivity index is 0.00000192. The van der Waals surface area contributed by atoms with Gasteiger partial charge in [0.2, 0.25) is 5.91 Å². The molecule has 2 aromatic carbocycles. The van der Waals surface area contributed by atoms with E-state index in [2.05, 4.69) is 10.3 Å². The van der Waals surface area contributed by atoms with Crippen molar-refractivity contribution in [3.8, 4) is 0 Å². The zero-order valence-corrected chi connectivity index (χ0v) is 13.5. The SMILES string of the molecule is Cc1cccc(/C=C/C(=O)Nc2ccnc3ccccc23)c1.Cl. The minimum atomic E-state index is -0.155. The van der Waals surface area contributed by atoms with E-state index in [0.717, 1.165) is 22.2 Å². The number of hydrogen-bond donors (Lipinski definition) is 1. The Morgan fingerprint density at radius 2 is 1.91 bits per heavy atom. The molecule has 1 aromatic heterocycles. The van der Waals surface area contributed by atoms with Crippen molar-refractivity contribution in [2.24, 2.45) is 0 Å². The highest BCUT2D eigenvalue weighted by molar-refractivity contribution is 6.06. The molecule has 0 aliphatic carbocycles. The molecule has 116 valence electrons. The lowest BCUT2D eigenvalue weighted by atomic mass is 10.1. The van der Waals surface area contributed by atoms with Crippen LogP contribution >= 0.6 is 12.4 Å². The number of benzene rings is 2. The predicted octanol–water partition coefficient (Wildman–Crippen LogP) is 4.62. The number of pyridine rings is 1. The van der Waals surface area contributed by atoms with E-state index in [-0.39, 0.29) is 18.3 Å². The van der Waals surface area contributed by atoms with E-state index >= 15 is 0 Å². The van der Waals surface area contributed by atoms with E-state index < -0.39 is 0 Å². The number of nitrogens with one attached hydrogen (secondary N) is 1. The number of amides is 1. The van der Waals surface area contributed by atoms with Crippen LogP contribution < -0.4 is 5.32 Å². The summed E-state index contributed by atoms with van der Waals surface area (Å²) in [6.45, 7) is 2.03. The Labute approximate surface area is 141 Å². The third-order valence-electron chi connectivity index (χ3n) is 3.38. The van der Waals surface area contributed by atoms with E-state index in [9.17, 15) is 4.79 Å². The van der Waals surface area contributed by atoms with Crippen LogP contribution in [-0.2, 0) is 4.79 Å². The average Bonchev–Trinajstić information content (AvgIpc) is 2.53. The van der Waals surface area contributed by atoms with Crippen LogP contribution in [0.25, 0.3) is 17.0 Å². The molecular weight excluding hydrogens is 308 g/mol. The van der Waals surface area contributed by atoms with Gasteiger partial charge in [-0.3, -0.25) is 9.78 Å². The monoisotopic (exact) mass is 324 g/mol. The normalized spacial score (nSPS) is 10.5. The molecule has 0 radical (unpaired) electrons. The maximum atomic E-state index is 12.1. The summed E-state index contributed by atoms with van der Waals surface area (Å²) < 4.78 is 0. The number of rotatable bonds is 3. The number of carbonyl (C=O) groups excluding carboxylic acids is 1. The maximum absolute atomic E-state index is 12.1. The molecule has 0 saturated carbocycles. The average molecular weight is 325 g/mol. The molecule has 3 nitrogen and oxygen atoms in total. The van der Waals surface area contributed by atoms with Gasteiger partial charge in [-0.05, 0) is 30.7 Å². The van der Waals surface area contributed by atoms with Crippen molar-refractivity contribution >= 4 is 41.0 Å². The largest absolute Gasteiger partial charge is 0.322 e. The second kappa shape index (κ2) is 7.56. The number of aromatic nitrogens is 1. The molecule has 3 rings (SSSR count). The van der Waals surface area contributed by atoms with E-state index in [1.54, 1.807) is 18.3 Å². The predicted molar refractivity (Wildman–Crippen MR) is 97.8 cm³/mol. The van der Waals surface area contributed by atoms with Crippen molar-refractivity contribution < 1.29 is 4.79 Å². The molecule has 1 heterocycles. The van der Waals surface area contributed by atoms with Crippen LogP contribution in [0.3, 0.4) is 0 Å². The summed E-state index contributed by atoms with van der Waals surface area (Å²) in [7, 11) is 0. The van der Waals surface area contributed by atoms with Crippen molar-refractivity contribution in [1.29, 1.82) is 0 Å². The van der Waals surface area contributed by atoms with Crippen molar-refractivity contribution in [2.75, 3.05) is 5.32 Å². The summed E-state index contributed by atoms with van der Waals surface area (Å²) in [6, 6.07) is 17.5. The van der Waals surface area contributed by atoms with Crippen molar-refractivity contribution in [1.82, 2.24) is 4.98 Å². The smallest absolute Gasteiger partial charge is 0.248 e. The second-order valence-electron chi connectivity index (χ2n) is 5.11. The lowest BCUT2D eigenvalue weighted by molar-refractivity contribution is -0.111. The molecule has 0 unspecified atom stereocenters. The molecule has 4 heteroatoms. The van der Waals surface area contributed by atoms with Gasteiger partial charge in [-0.15, -0.1) is 12.4 Å². The number of para-hydroxylation sites is 1. The molecule has 3 aromatic rings. The first-order chi connectivity index (χ1) is 10.7. The number of fused-ring (bicyclic) bond motifs is 1. The highest BCUT2D eigenvalue weighted by Gasteiger charge is 2.03. The molecule has 1 N–H and O–H groups in total. The number of nitrogens with zero attached hydrogens (tertiary/aromatic N) is 1. The first-order valence-corrected chi connectivity index (χ1v) is 7.12. The van der Waals surface area contributed by atoms with Gasteiger partial charge in [-0.1, -0.05) is 48.0 Å². The molecule has 1 amide bonds. The van der Waals surface area contributed by atoms with Gasteiger partial charge >= 0.3 is 0 Å². The number of halogens is 1. The Morgan fingerprint density at radius 3 is 2.74 bits per heavy atom. The van der Waals surface area contributed by atoms with Crippen LogP contribution in [-0.4, -0.2) is 10.9 Å². The number of anilines is 1. The summed E-state index contributed by atoms with van der Waals surface area (Å²) in [4.78, 5) is 16.4. The molecule has 23 heavy (non-hydrogen) atoms. The fraction of sp³-hybridized carbons (Fsp3) is 0.0526. The first kappa shape index (κ1) is 16.7. The Hall–Kier alpha value is -2.65. The molecule has 0 spiro atoms. The van der Waals surface area contributed by atoms with Gasteiger partial charge < -0.3 is 5.32 Å². The Kier molecular flexibility index (Phi) is 5.50. The summed E-state index contributed by atoms with van der Waals surface area (Å²) in [5, 5.41) is 3.84. The molecule has 0 fully saturated rings. The summed E-state index contributed by atoms with van der Waals surface area (Å²) in [5.41, 5.74) is 3.81. The fourth-order valence-corrected chi connectivity index (χ4v) is 2.32. The van der Waals surface area contributed by atoms with Gasteiger partial charge in [0, 0.05) is 17.7 Å². The quantitative estimate of drug-likeness (QED) is 0.714. The lowest BCUT2D eigenvalue weighted by Gasteiger charge is -2.06. The van der Waals surface area contributed by atoms with Gasteiger partial charge in [0.25, 0.3) is 0 Å². The summed E-state index contributed by atoms with van der Waals surface area (Å²) in [5.74, 6) is -0.155. The molecule has 0 atom stereocenters. The number of carbonyl (C=O) groups is 1. The van der Waals surface area contributed by atoms with Crippen LogP contribution in [0.15, 0.2) is 66.9 Å². The van der Waals surface area contributed by atoms with Crippen molar-refractivity contribution in [2.45, 2.75) is 6.92 Å². The number of aryl methyl sites for hydroxylation is 1. The Bertz CT molecular complexity index is 853. The first-order valence-electron chi connectivity index (χ1n) is 7.12. The van der Waals surface area contributed by atoms with E-state index in [1.807, 2.05) is 61.5 Å². The maximum Gasteiger partial charge on any atom is 0.248 e. The van der Waals surface area contributed by atoms with Gasteiger partial charge in [0.1, 0.15) is 0 Å². The van der Waals surface area contributed by atoms with Gasteiger partial charge in [-0.2, -0.15) is 0 Å². The third-order valence-corrected chi connectivity index (χ3v) is 3.38. The van der Waals surface area contributed by atoms with Crippen molar-refractivity contribution in [3.63, 3.8) is 0 Å². The summed E-state index contributed by atoms with van der Waals surface area (Å²) in [6.07, 6.45) is 5.05. The van der Waals surface area contributed by atoms with Gasteiger partial charge in [0.15, 0.2) is 0 Å². The van der Waals surface area contributed by atoms with E-state index in [1.165, 1.54) is 5.56 Å². The standard InChI is InChI=1S/C19H16N2O.ClH/c1-14-5-4-6-15(13-14)9-10-19(22)21-18-11-12-20-17-8-3-2-7-16(17)18;/h2-13H,1H3,(H,20,21,22);1H/b10-9+;. The lowest BCUT2D eigenvalue weighted by Crippen LogP contribution is -2.08. The third kappa shape index (κ3) is 4.18. The molecule has 0 saturated heterocycles. The highest BCUT2D eigenvalue weighted by atomic mass is 35.5. The van der Waals surface area contributed by atoms with Gasteiger partial charge in [-0.25, -0.2) is 0 Å². The van der Waals surface area contributed by atoms with Crippen LogP contribution in [0, 0.1) is 6.92 Å². The van der Waals surface area contributed by atoms with Crippen LogP contribution in [0.2, 0.25) is 0 Å². The fourth-order valence-electron chi connectivity index (χ4n) is 2.32. The summed E-state index contributed by atoms with van der Waals surface area (Å²) >= 11 is 0. The zero-order valence-electron chi connectivity index (χ0n) is 12.7. The molecule has 0 bridgehead atoms. The zero-order chi connectivity index (χ0) is 15.4. The second-order valence-corrected chi connectivity index (χ2v) is 5.11. The highest BCUT2D eigenvalue weighted by Crippen LogP contribution is 2.20. The minimum Gasteiger partial charge on any atom is -0.322 e. The van der Waals surface area contributed by atoms with E-state index in [0.29, 0.717) is 0 Å². The van der Waals surface area contributed by atoms with Gasteiger partial charge in [0.05, 0.1) is 11.2 Å². The van der Waals surface area contributed by atoms with E-state index in [4.69, 9.17) is 0 Å². The Morgan fingerprint density at radius 1 is 1.09 bits per heavy atom. The number of hydrogen-bond acceptors (Lipinski definition) is 2. The topological polar surface area (TPSA) is 42.0 Å². The molecular formula is C19H17ClN2O. The molecule has 0 aliphatic heterocycles. The minimum absolute atomic E-state index is 0. The van der Waals surface area contributed by atoms with Crippen LogP contribution in [0.5, 0.6) is 0 Å². The molecule has 0 aliphatic rings. The van der Waals surface area contributed by atoms with Crippen molar-refractivity contribution in [3.05, 3.63) is 78.0 Å². The van der Waals surface area contributed by atoms with Crippen LogP contribution in [0.4, 0.5) is 5.69 Å².